The number of hydrogen-bond acceptors (Lipinski definition) is 2. The van der Waals surface area contributed by atoms with Gasteiger partial charge in [0.1, 0.15) is 5.75 Å². The zero-order chi connectivity index (χ0) is 10.4. The van der Waals surface area contributed by atoms with E-state index in [2.05, 4.69) is 6.58 Å². The van der Waals surface area contributed by atoms with E-state index in [9.17, 15) is 0 Å². The van der Waals surface area contributed by atoms with Crippen LogP contribution in [0.15, 0.2) is 36.9 Å². The molecule has 0 unspecified atom stereocenters. The van der Waals surface area contributed by atoms with E-state index >= 15 is 0 Å². The van der Waals surface area contributed by atoms with Crippen LogP contribution in [0.3, 0.4) is 0 Å². The Hall–Kier alpha value is -0.990. The summed E-state index contributed by atoms with van der Waals surface area (Å²) in [6.45, 7) is 6.33. The molecule has 0 aliphatic heterocycles. The molecule has 1 atom stereocenters. The highest BCUT2D eigenvalue weighted by molar-refractivity contribution is 5.85. The summed E-state index contributed by atoms with van der Waals surface area (Å²) in [6.07, 6.45) is 2.63. The van der Waals surface area contributed by atoms with Gasteiger partial charge in [-0.3, -0.25) is 0 Å². The van der Waals surface area contributed by atoms with Crippen molar-refractivity contribution in [2.75, 3.05) is 6.61 Å². The second-order valence-electron chi connectivity index (χ2n) is 3.13. The summed E-state index contributed by atoms with van der Waals surface area (Å²) in [5.74, 6) is 0.891. The summed E-state index contributed by atoms with van der Waals surface area (Å²) in [4.78, 5) is 0. The molecule has 1 rings (SSSR count). The van der Waals surface area contributed by atoms with E-state index in [0.717, 1.165) is 17.7 Å². The first-order chi connectivity index (χ1) is 6.77. The lowest BCUT2D eigenvalue weighted by atomic mass is 10.1. The molecule has 0 aliphatic carbocycles. The molecule has 0 saturated heterocycles. The third-order valence-electron chi connectivity index (χ3n) is 2.04. The van der Waals surface area contributed by atoms with Crippen LogP contribution in [0.25, 0.3) is 0 Å². The summed E-state index contributed by atoms with van der Waals surface area (Å²) in [5.41, 5.74) is 7.04. The van der Waals surface area contributed by atoms with Gasteiger partial charge in [0.25, 0.3) is 0 Å². The standard InChI is InChI=1S/C12H17NO.ClH/c1-3-5-12(13)10-6-8-11(9-7-10)14-4-2;/h3,6-9,12H,1,4-5,13H2,2H3;1H/t12-;/m1./s1. The van der Waals surface area contributed by atoms with Gasteiger partial charge in [0, 0.05) is 6.04 Å². The van der Waals surface area contributed by atoms with E-state index < -0.39 is 0 Å². The molecular weight excluding hydrogens is 210 g/mol. The van der Waals surface area contributed by atoms with Crippen LogP contribution in [0.2, 0.25) is 0 Å². The molecule has 2 N–H and O–H groups in total. The average Bonchev–Trinajstić information content (AvgIpc) is 2.20. The first kappa shape index (κ1) is 14.0. The van der Waals surface area contributed by atoms with E-state index in [1.165, 1.54) is 0 Å². The smallest absolute Gasteiger partial charge is 0.119 e. The van der Waals surface area contributed by atoms with Gasteiger partial charge in [-0.05, 0) is 31.0 Å². The molecule has 0 saturated carbocycles. The number of halogens is 1. The summed E-state index contributed by atoms with van der Waals surface area (Å²) in [6, 6.07) is 7.94. The molecule has 0 heterocycles. The van der Waals surface area contributed by atoms with Crippen molar-refractivity contribution in [3.8, 4) is 5.75 Å². The van der Waals surface area contributed by atoms with Crippen LogP contribution in [-0.2, 0) is 0 Å². The van der Waals surface area contributed by atoms with Crippen LogP contribution in [-0.4, -0.2) is 6.61 Å². The number of hydrogen-bond donors (Lipinski definition) is 1. The molecule has 0 amide bonds. The van der Waals surface area contributed by atoms with Gasteiger partial charge in [-0.1, -0.05) is 18.2 Å². The highest BCUT2D eigenvalue weighted by Crippen LogP contribution is 2.18. The van der Waals surface area contributed by atoms with Gasteiger partial charge in [0.15, 0.2) is 0 Å². The SMILES string of the molecule is C=CC[C@@H](N)c1ccc(OCC)cc1.Cl. The molecule has 15 heavy (non-hydrogen) atoms. The second-order valence-corrected chi connectivity index (χ2v) is 3.13. The predicted octanol–water partition coefficient (Wildman–Crippen LogP) is 3.08. The highest BCUT2D eigenvalue weighted by Gasteiger charge is 2.03. The molecule has 1 aromatic rings. The van der Waals surface area contributed by atoms with E-state index in [1.807, 2.05) is 37.3 Å². The fourth-order valence-electron chi connectivity index (χ4n) is 1.29. The Bertz CT molecular complexity index is 284. The molecule has 0 fully saturated rings. The molecule has 3 heteroatoms. The summed E-state index contributed by atoms with van der Waals surface area (Å²) >= 11 is 0. The third-order valence-corrected chi connectivity index (χ3v) is 2.04. The number of rotatable bonds is 5. The van der Waals surface area contributed by atoms with Gasteiger partial charge in [0.2, 0.25) is 0 Å². The Balaban J connectivity index is 0.00000196. The van der Waals surface area contributed by atoms with Crippen LogP contribution >= 0.6 is 12.4 Å². The Kier molecular flexibility index (Phi) is 6.84. The number of ether oxygens (including phenoxy) is 1. The van der Waals surface area contributed by atoms with Gasteiger partial charge in [0.05, 0.1) is 6.61 Å². The largest absolute Gasteiger partial charge is 0.494 e. The topological polar surface area (TPSA) is 35.2 Å². The van der Waals surface area contributed by atoms with Gasteiger partial charge in [-0.25, -0.2) is 0 Å². The van der Waals surface area contributed by atoms with Gasteiger partial charge in [-0.2, -0.15) is 0 Å². The van der Waals surface area contributed by atoms with E-state index in [0.29, 0.717) is 6.61 Å². The van der Waals surface area contributed by atoms with Crippen molar-refractivity contribution in [3.05, 3.63) is 42.5 Å². The first-order valence-electron chi connectivity index (χ1n) is 4.87. The van der Waals surface area contributed by atoms with Crippen molar-refractivity contribution in [1.82, 2.24) is 0 Å². The van der Waals surface area contributed by atoms with E-state index in [1.54, 1.807) is 0 Å². The minimum atomic E-state index is 0. The van der Waals surface area contributed by atoms with Crippen molar-refractivity contribution in [2.24, 2.45) is 5.73 Å². The first-order valence-corrected chi connectivity index (χ1v) is 4.87. The minimum absolute atomic E-state index is 0. The Morgan fingerprint density at radius 2 is 2.00 bits per heavy atom. The van der Waals surface area contributed by atoms with Gasteiger partial charge in [-0.15, -0.1) is 19.0 Å². The summed E-state index contributed by atoms with van der Waals surface area (Å²) in [7, 11) is 0. The van der Waals surface area contributed by atoms with Crippen LogP contribution < -0.4 is 10.5 Å². The molecule has 0 aromatic heterocycles. The van der Waals surface area contributed by atoms with Crippen LogP contribution in [0.1, 0.15) is 24.9 Å². The van der Waals surface area contributed by atoms with Crippen molar-refractivity contribution in [1.29, 1.82) is 0 Å². The zero-order valence-electron chi connectivity index (χ0n) is 8.98. The normalized spacial score (nSPS) is 11.3. The fraction of sp³-hybridized carbons (Fsp3) is 0.333. The van der Waals surface area contributed by atoms with Gasteiger partial charge >= 0.3 is 0 Å². The summed E-state index contributed by atoms with van der Waals surface area (Å²) < 4.78 is 5.34. The van der Waals surface area contributed by atoms with E-state index in [-0.39, 0.29) is 18.4 Å². The third kappa shape index (κ3) is 4.36. The molecule has 0 radical (unpaired) electrons. The maximum Gasteiger partial charge on any atom is 0.119 e. The Labute approximate surface area is 97.5 Å². The van der Waals surface area contributed by atoms with Crippen LogP contribution in [0.4, 0.5) is 0 Å². The lowest BCUT2D eigenvalue weighted by Gasteiger charge is -2.10. The van der Waals surface area contributed by atoms with Crippen LogP contribution in [0.5, 0.6) is 5.75 Å². The minimum Gasteiger partial charge on any atom is -0.494 e. The van der Waals surface area contributed by atoms with Crippen molar-refractivity contribution >= 4 is 12.4 Å². The number of nitrogens with two attached hydrogens (primary N) is 1. The lowest BCUT2D eigenvalue weighted by molar-refractivity contribution is 0.340. The Morgan fingerprint density at radius 1 is 1.40 bits per heavy atom. The van der Waals surface area contributed by atoms with E-state index in [4.69, 9.17) is 10.5 Å². The fourth-order valence-corrected chi connectivity index (χ4v) is 1.29. The monoisotopic (exact) mass is 227 g/mol. The molecule has 84 valence electrons. The van der Waals surface area contributed by atoms with Crippen molar-refractivity contribution in [3.63, 3.8) is 0 Å². The quantitative estimate of drug-likeness (QED) is 0.785. The van der Waals surface area contributed by atoms with Crippen LogP contribution in [0, 0.1) is 0 Å². The molecule has 0 aliphatic rings. The average molecular weight is 228 g/mol. The predicted molar refractivity (Wildman–Crippen MR) is 66.6 cm³/mol. The second kappa shape index (κ2) is 7.32. The van der Waals surface area contributed by atoms with Crippen molar-refractivity contribution in [2.45, 2.75) is 19.4 Å². The molecule has 0 spiro atoms. The van der Waals surface area contributed by atoms with Crippen molar-refractivity contribution < 1.29 is 4.74 Å². The summed E-state index contributed by atoms with van der Waals surface area (Å²) in [5, 5.41) is 0. The Morgan fingerprint density at radius 3 is 2.47 bits per heavy atom. The zero-order valence-corrected chi connectivity index (χ0v) is 9.80. The molecular formula is C12H18ClNO. The van der Waals surface area contributed by atoms with Gasteiger partial charge < -0.3 is 10.5 Å². The highest BCUT2D eigenvalue weighted by atomic mass is 35.5. The molecule has 0 bridgehead atoms. The number of benzene rings is 1. The molecule has 2 nitrogen and oxygen atoms in total. The molecule has 1 aromatic carbocycles. The lowest BCUT2D eigenvalue weighted by Crippen LogP contribution is -2.08. The maximum atomic E-state index is 5.92. The maximum absolute atomic E-state index is 5.92.